The molecule has 2 saturated carbocycles. The van der Waals surface area contributed by atoms with Crippen LogP contribution in [0.3, 0.4) is 0 Å². The molecule has 0 unspecified atom stereocenters. The summed E-state index contributed by atoms with van der Waals surface area (Å²) >= 11 is 0. The van der Waals surface area contributed by atoms with Crippen LogP contribution in [0, 0.1) is 35.5 Å². The molecule has 28 heavy (non-hydrogen) atoms. The first kappa shape index (κ1) is 23.2. The minimum absolute atomic E-state index is 0.127. The fourth-order valence-corrected chi connectivity index (χ4v) is 4.72. The molecule has 0 spiro atoms. The molecule has 0 radical (unpaired) electrons. The highest BCUT2D eigenvalue weighted by molar-refractivity contribution is 5.18. The summed E-state index contributed by atoms with van der Waals surface area (Å²) in [5.41, 5.74) is 1.59. The molecule has 0 bridgehead atoms. The fraction of sp³-hybridized carbons (Fsp3) is 0.760. The number of aliphatic hydroxyl groups excluding tert-OH is 2. The Hall–Kier alpha value is -1.08. The van der Waals surface area contributed by atoms with Gasteiger partial charge in [0.15, 0.2) is 0 Å². The molecule has 0 amide bonds. The van der Waals surface area contributed by atoms with E-state index < -0.39 is 6.10 Å². The highest BCUT2D eigenvalue weighted by atomic mass is 16.3. The second kappa shape index (κ2) is 11.8. The van der Waals surface area contributed by atoms with E-state index in [1.165, 1.54) is 19.3 Å². The third kappa shape index (κ3) is 7.07. The first-order valence-corrected chi connectivity index (χ1v) is 11.3. The van der Waals surface area contributed by atoms with Crippen molar-refractivity contribution in [3.05, 3.63) is 23.8 Å². The number of allylic oxidation sites excluding steroid dienone is 2. The van der Waals surface area contributed by atoms with Gasteiger partial charge in [-0.25, -0.2) is 0 Å². The lowest BCUT2D eigenvalue weighted by molar-refractivity contribution is 0.137. The Morgan fingerprint density at radius 1 is 1.21 bits per heavy atom. The topological polar surface area (TPSA) is 52.5 Å². The van der Waals surface area contributed by atoms with Crippen LogP contribution in [-0.2, 0) is 0 Å². The van der Waals surface area contributed by atoms with Crippen LogP contribution in [0.2, 0.25) is 0 Å². The summed E-state index contributed by atoms with van der Waals surface area (Å²) in [5, 5.41) is 24.3. The largest absolute Gasteiger partial charge is 0.392 e. The molecule has 6 atom stereocenters. The molecular weight excluding hydrogens is 346 g/mol. The van der Waals surface area contributed by atoms with E-state index in [2.05, 4.69) is 43.2 Å². The number of unbranched alkanes of at least 4 members (excludes halogenated alkanes) is 2. The average Bonchev–Trinajstić information content (AvgIpc) is 3.16. The van der Waals surface area contributed by atoms with Gasteiger partial charge in [-0.3, -0.25) is 0 Å². The van der Waals surface area contributed by atoms with E-state index in [9.17, 15) is 10.2 Å². The number of hydrogen-bond acceptors (Lipinski definition) is 3. The van der Waals surface area contributed by atoms with Crippen molar-refractivity contribution in [3.8, 4) is 11.8 Å². The lowest BCUT2D eigenvalue weighted by atomic mass is 9.89. The fourth-order valence-electron chi connectivity index (χ4n) is 4.72. The summed E-state index contributed by atoms with van der Waals surface area (Å²) in [4.78, 5) is 0. The van der Waals surface area contributed by atoms with Crippen LogP contribution >= 0.6 is 0 Å². The van der Waals surface area contributed by atoms with Crippen molar-refractivity contribution in [1.82, 2.24) is 5.32 Å². The van der Waals surface area contributed by atoms with Gasteiger partial charge in [0.05, 0.1) is 12.2 Å². The second-order valence-corrected chi connectivity index (χ2v) is 9.16. The van der Waals surface area contributed by atoms with Crippen LogP contribution in [-0.4, -0.2) is 35.0 Å². The Kier molecular flexibility index (Phi) is 9.79. The van der Waals surface area contributed by atoms with E-state index in [-0.39, 0.29) is 17.9 Å². The Bertz CT molecular complexity index is 583. The highest BCUT2D eigenvalue weighted by Crippen LogP contribution is 2.50. The molecule has 3 nitrogen and oxygen atoms in total. The summed E-state index contributed by atoms with van der Waals surface area (Å²) in [6, 6.07) is 0.574. The van der Waals surface area contributed by atoms with Gasteiger partial charge in [0.2, 0.25) is 0 Å². The smallest absolute Gasteiger partial charge is 0.0755 e. The normalized spacial score (nSPS) is 30.6. The SMILES string of the molecule is CC#CC[C@H](C)[C@H](O)/C=C/[C@@H]1[C@H]2C/C(=C/CCCCNC(C)C)C[C@H]2C[C@H]1O. The van der Waals surface area contributed by atoms with Crippen molar-refractivity contribution in [2.75, 3.05) is 6.54 Å². The van der Waals surface area contributed by atoms with Crippen LogP contribution in [0.1, 0.15) is 72.6 Å². The van der Waals surface area contributed by atoms with Gasteiger partial charge in [-0.05, 0) is 69.7 Å². The summed E-state index contributed by atoms with van der Waals surface area (Å²) in [6.07, 6.45) is 13.3. The minimum atomic E-state index is -0.483. The van der Waals surface area contributed by atoms with Crippen LogP contribution in [0.25, 0.3) is 0 Å². The molecule has 3 N–H and O–H groups in total. The van der Waals surface area contributed by atoms with Crippen molar-refractivity contribution in [3.63, 3.8) is 0 Å². The van der Waals surface area contributed by atoms with Crippen LogP contribution in [0.5, 0.6) is 0 Å². The van der Waals surface area contributed by atoms with Gasteiger partial charge < -0.3 is 15.5 Å². The first-order valence-electron chi connectivity index (χ1n) is 11.3. The molecule has 0 saturated heterocycles. The number of nitrogens with one attached hydrogen (secondary N) is 1. The van der Waals surface area contributed by atoms with Crippen LogP contribution in [0.4, 0.5) is 0 Å². The van der Waals surface area contributed by atoms with E-state index in [4.69, 9.17) is 0 Å². The zero-order valence-corrected chi connectivity index (χ0v) is 18.3. The van der Waals surface area contributed by atoms with Gasteiger partial charge >= 0.3 is 0 Å². The van der Waals surface area contributed by atoms with E-state index >= 15 is 0 Å². The van der Waals surface area contributed by atoms with Gasteiger partial charge in [-0.15, -0.1) is 11.8 Å². The third-order valence-corrected chi connectivity index (χ3v) is 6.44. The molecule has 2 aliphatic rings. The van der Waals surface area contributed by atoms with Gasteiger partial charge in [0.1, 0.15) is 0 Å². The third-order valence-electron chi connectivity index (χ3n) is 6.44. The van der Waals surface area contributed by atoms with Crippen molar-refractivity contribution in [2.45, 2.75) is 90.9 Å². The molecule has 0 aromatic heterocycles. The maximum Gasteiger partial charge on any atom is 0.0755 e. The molecular formula is C25H41NO2. The van der Waals surface area contributed by atoms with Gasteiger partial charge in [0.25, 0.3) is 0 Å². The summed E-state index contributed by atoms with van der Waals surface area (Å²) in [6.45, 7) is 9.35. The Balaban J connectivity index is 1.81. The van der Waals surface area contributed by atoms with Gasteiger partial charge in [0, 0.05) is 18.4 Å². The van der Waals surface area contributed by atoms with E-state index in [1.54, 1.807) is 5.57 Å². The average molecular weight is 388 g/mol. The van der Waals surface area contributed by atoms with Crippen LogP contribution < -0.4 is 5.32 Å². The molecule has 2 aliphatic carbocycles. The number of aliphatic hydroxyl groups is 2. The van der Waals surface area contributed by atoms with E-state index in [0.29, 0.717) is 24.3 Å². The molecule has 0 aromatic carbocycles. The van der Waals surface area contributed by atoms with Crippen molar-refractivity contribution >= 4 is 0 Å². The predicted octanol–water partition coefficient (Wildman–Crippen LogP) is 4.45. The Morgan fingerprint density at radius 3 is 2.71 bits per heavy atom. The maximum absolute atomic E-state index is 10.5. The first-order chi connectivity index (χ1) is 13.4. The quantitative estimate of drug-likeness (QED) is 0.295. The van der Waals surface area contributed by atoms with Gasteiger partial charge in [-0.1, -0.05) is 44.6 Å². The molecule has 3 heteroatoms. The van der Waals surface area contributed by atoms with Crippen LogP contribution in [0.15, 0.2) is 23.8 Å². The zero-order valence-electron chi connectivity index (χ0n) is 18.3. The van der Waals surface area contributed by atoms with Gasteiger partial charge in [-0.2, -0.15) is 0 Å². The van der Waals surface area contributed by atoms with Crippen molar-refractivity contribution in [2.24, 2.45) is 23.7 Å². The monoisotopic (exact) mass is 387 g/mol. The molecule has 0 heterocycles. The summed E-state index contributed by atoms with van der Waals surface area (Å²) in [7, 11) is 0. The molecule has 2 rings (SSSR count). The lowest BCUT2D eigenvalue weighted by Gasteiger charge is -2.19. The van der Waals surface area contributed by atoms with Crippen molar-refractivity contribution in [1.29, 1.82) is 0 Å². The number of fused-ring (bicyclic) bond motifs is 1. The van der Waals surface area contributed by atoms with E-state index in [1.807, 2.05) is 19.9 Å². The van der Waals surface area contributed by atoms with E-state index in [0.717, 1.165) is 25.8 Å². The molecule has 0 aromatic rings. The zero-order chi connectivity index (χ0) is 20.5. The Labute approximate surface area is 172 Å². The lowest BCUT2D eigenvalue weighted by Crippen LogP contribution is -2.23. The molecule has 0 aliphatic heterocycles. The number of hydrogen-bond donors (Lipinski definition) is 3. The summed E-state index contributed by atoms with van der Waals surface area (Å²) in [5.74, 6) is 7.39. The highest BCUT2D eigenvalue weighted by Gasteiger charge is 2.44. The predicted molar refractivity (Wildman–Crippen MR) is 118 cm³/mol. The Morgan fingerprint density at radius 2 is 2.00 bits per heavy atom. The summed E-state index contributed by atoms with van der Waals surface area (Å²) < 4.78 is 0. The number of rotatable bonds is 10. The maximum atomic E-state index is 10.5. The minimum Gasteiger partial charge on any atom is -0.392 e. The standard InChI is InChI=1S/C25H41NO2/c1-5-6-10-19(4)24(27)13-12-22-23-16-20(15-21(23)17-25(22)28)11-8-7-9-14-26-18(2)3/h11-13,18-19,21-28H,7-10,14-17H2,1-4H3/b13-12+,20-11+/t19-,21-,22+,23-,24+,25+/m0/s1. The second-order valence-electron chi connectivity index (χ2n) is 9.16. The molecule has 2 fully saturated rings. The van der Waals surface area contributed by atoms with Crippen molar-refractivity contribution < 1.29 is 10.2 Å². The molecule has 158 valence electrons.